The summed E-state index contributed by atoms with van der Waals surface area (Å²) in [5.41, 5.74) is 2.89. The van der Waals surface area contributed by atoms with Gasteiger partial charge in [-0.15, -0.1) is 0 Å². The van der Waals surface area contributed by atoms with E-state index >= 15 is 0 Å². The highest BCUT2D eigenvalue weighted by atomic mass is 16.4. The van der Waals surface area contributed by atoms with Gasteiger partial charge in [0.25, 0.3) is 5.91 Å². The van der Waals surface area contributed by atoms with Gasteiger partial charge in [-0.25, -0.2) is 4.79 Å². The van der Waals surface area contributed by atoms with Crippen LogP contribution in [-0.4, -0.2) is 48.0 Å². The normalized spacial score (nSPS) is 10.9. The SMILES string of the molecule is CCN(Cc1c(C)nn(CC)c1C)C(=O)c1cnn(C)c1C(=O)O. The highest BCUT2D eigenvalue weighted by Gasteiger charge is 2.26. The average Bonchev–Trinajstić information content (AvgIpc) is 3.05. The molecular weight excluding hydrogens is 310 g/mol. The Morgan fingerprint density at radius 1 is 1.29 bits per heavy atom. The van der Waals surface area contributed by atoms with Crippen LogP contribution in [0.15, 0.2) is 6.20 Å². The number of hydrogen-bond donors (Lipinski definition) is 1. The highest BCUT2D eigenvalue weighted by Crippen LogP contribution is 2.18. The lowest BCUT2D eigenvalue weighted by atomic mass is 10.1. The molecule has 24 heavy (non-hydrogen) atoms. The number of carboxylic acid groups (broad SMARTS) is 1. The van der Waals surface area contributed by atoms with E-state index in [1.54, 1.807) is 4.90 Å². The number of amides is 1. The number of nitrogens with zero attached hydrogens (tertiary/aromatic N) is 5. The second kappa shape index (κ2) is 6.86. The fourth-order valence-corrected chi connectivity index (χ4v) is 2.81. The molecule has 8 heteroatoms. The van der Waals surface area contributed by atoms with Crippen molar-refractivity contribution < 1.29 is 14.7 Å². The van der Waals surface area contributed by atoms with Gasteiger partial charge in [0.15, 0.2) is 5.69 Å². The molecule has 8 nitrogen and oxygen atoms in total. The van der Waals surface area contributed by atoms with Gasteiger partial charge in [0.05, 0.1) is 17.5 Å². The van der Waals surface area contributed by atoms with Gasteiger partial charge in [0.2, 0.25) is 0 Å². The first-order chi connectivity index (χ1) is 11.3. The monoisotopic (exact) mass is 333 g/mol. The van der Waals surface area contributed by atoms with Crippen LogP contribution in [0.5, 0.6) is 0 Å². The molecule has 130 valence electrons. The Kier molecular flexibility index (Phi) is 5.06. The van der Waals surface area contributed by atoms with Crippen LogP contribution in [0.4, 0.5) is 0 Å². The second-order valence-corrected chi connectivity index (χ2v) is 5.62. The standard InChI is InChI=1S/C16H23N5O3/c1-6-20(9-13-10(3)18-21(7-2)11(13)4)15(22)12-8-17-19(5)14(12)16(23)24/h8H,6-7,9H2,1-5H3,(H,23,24). The molecule has 0 saturated carbocycles. The minimum Gasteiger partial charge on any atom is -0.477 e. The van der Waals surface area contributed by atoms with Crippen molar-refractivity contribution in [1.82, 2.24) is 24.5 Å². The summed E-state index contributed by atoms with van der Waals surface area (Å²) in [6.07, 6.45) is 1.31. The third-order valence-corrected chi connectivity index (χ3v) is 4.22. The van der Waals surface area contributed by atoms with Crippen LogP contribution >= 0.6 is 0 Å². The molecule has 0 fully saturated rings. The maximum absolute atomic E-state index is 12.8. The summed E-state index contributed by atoms with van der Waals surface area (Å²) < 4.78 is 3.10. The van der Waals surface area contributed by atoms with Crippen molar-refractivity contribution in [2.45, 2.75) is 40.8 Å². The fourth-order valence-electron chi connectivity index (χ4n) is 2.81. The topological polar surface area (TPSA) is 93.3 Å². The molecule has 1 amide bonds. The molecule has 2 rings (SSSR count). The Labute approximate surface area is 140 Å². The number of carbonyl (C=O) groups excluding carboxylic acids is 1. The summed E-state index contributed by atoms with van der Waals surface area (Å²) in [7, 11) is 1.51. The lowest BCUT2D eigenvalue weighted by Crippen LogP contribution is -2.31. The Balaban J connectivity index is 2.34. The number of hydrogen-bond acceptors (Lipinski definition) is 4. The van der Waals surface area contributed by atoms with Gasteiger partial charge >= 0.3 is 5.97 Å². The van der Waals surface area contributed by atoms with E-state index in [1.807, 2.05) is 32.4 Å². The average molecular weight is 333 g/mol. The molecule has 0 atom stereocenters. The number of aromatic carboxylic acids is 1. The van der Waals surface area contributed by atoms with Gasteiger partial charge in [0.1, 0.15) is 0 Å². The molecule has 0 aromatic carbocycles. The molecule has 2 aromatic heterocycles. The number of aryl methyl sites for hydroxylation is 3. The van der Waals surface area contributed by atoms with Crippen molar-refractivity contribution in [2.75, 3.05) is 6.54 Å². The van der Waals surface area contributed by atoms with Crippen LogP contribution in [0.25, 0.3) is 0 Å². The molecule has 2 heterocycles. The number of rotatable bonds is 6. The van der Waals surface area contributed by atoms with Gasteiger partial charge in [0, 0.05) is 37.9 Å². The second-order valence-electron chi connectivity index (χ2n) is 5.62. The summed E-state index contributed by atoms with van der Waals surface area (Å²) >= 11 is 0. The Bertz CT molecular complexity index is 775. The van der Waals surface area contributed by atoms with Crippen LogP contribution in [-0.2, 0) is 20.1 Å². The van der Waals surface area contributed by atoms with Crippen LogP contribution in [0.1, 0.15) is 51.6 Å². The summed E-state index contributed by atoms with van der Waals surface area (Å²) in [5, 5.41) is 17.7. The van der Waals surface area contributed by atoms with Crippen molar-refractivity contribution in [3.05, 3.63) is 34.4 Å². The molecule has 0 aliphatic carbocycles. The first-order valence-electron chi connectivity index (χ1n) is 7.89. The summed E-state index contributed by atoms with van der Waals surface area (Å²) in [5.74, 6) is -1.51. The van der Waals surface area contributed by atoms with Crippen molar-refractivity contribution >= 4 is 11.9 Å². The van der Waals surface area contributed by atoms with Crippen molar-refractivity contribution in [1.29, 1.82) is 0 Å². The molecule has 0 aliphatic rings. The molecule has 0 aliphatic heterocycles. The molecular formula is C16H23N5O3. The van der Waals surface area contributed by atoms with Gasteiger partial charge in [-0.05, 0) is 27.7 Å². The zero-order valence-electron chi connectivity index (χ0n) is 14.7. The Morgan fingerprint density at radius 2 is 1.96 bits per heavy atom. The maximum Gasteiger partial charge on any atom is 0.354 e. The molecule has 0 saturated heterocycles. The van der Waals surface area contributed by atoms with E-state index in [9.17, 15) is 14.7 Å². The first kappa shape index (κ1) is 17.7. The van der Waals surface area contributed by atoms with Gasteiger partial charge < -0.3 is 10.0 Å². The number of carboxylic acids is 1. The highest BCUT2D eigenvalue weighted by molar-refractivity contribution is 6.03. The summed E-state index contributed by atoms with van der Waals surface area (Å²) in [4.78, 5) is 25.8. The third kappa shape index (κ3) is 3.04. The van der Waals surface area contributed by atoms with Crippen molar-refractivity contribution in [3.8, 4) is 0 Å². The largest absolute Gasteiger partial charge is 0.477 e. The number of aromatic nitrogens is 4. The van der Waals surface area contributed by atoms with E-state index in [1.165, 1.54) is 17.9 Å². The summed E-state index contributed by atoms with van der Waals surface area (Å²) in [6.45, 7) is 9.39. The van der Waals surface area contributed by atoms with Crippen LogP contribution in [0, 0.1) is 13.8 Å². The van der Waals surface area contributed by atoms with E-state index in [4.69, 9.17) is 0 Å². The predicted octanol–water partition coefficient (Wildman–Crippen LogP) is 1.61. The molecule has 0 spiro atoms. The van der Waals surface area contributed by atoms with Gasteiger partial charge in [-0.2, -0.15) is 10.2 Å². The van der Waals surface area contributed by atoms with Crippen LogP contribution < -0.4 is 0 Å². The van der Waals surface area contributed by atoms with Gasteiger partial charge in [-0.1, -0.05) is 0 Å². The van der Waals surface area contributed by atoms with Crippen molar-refractivity contribution in [3.63, 3.8) is 0 Å². The molecule has 2 aromatic rings. The lowest BCUT2D eigenvalue weighted by molar-refractivity contribution is 0.0664. The molecule has 0 unspecified atom stereocenters. The molecule has 1 N–H and O–H groups in total. The van der Waals surface area contributed by atoms with E-state index in [0.29, 0.717) is 13.1 Å². The van der Waals surface area contributed by atoms with Crippen LogP contribution in [0.3, 0.4) is 0 Å². The molecule has 0 bridgehead atoms. The third-order valence-electron chi connectivity index (χ3n) is 4.22. The minimum atomic E-state index is -1.17. The predicted molar refractivity (Wildman–Crippen MR) is 88.0 cm³/mol. The minimum absolute atomic E-state index is 0.101. The maximum atomic E-state index is 12.8. The van der Waals surface area contributed by atoms with Crippen LogP contribution in [0.2, 0.25) is 0 Å². The smallest absolute Gasteiger partial charge is 0.354 e. The van der Waals surface area contributed by atoms with Gasteiger partial charge in [-0.3, -0.25) is 14.2 Å². The fraction of sp³-hybridized carbons (Fsp3) is 0.500. The Morgan fingerprint density at radius 3 is 2.46 bits per heavy atom. The van der Waals surface area contributed by atoms with Crippen molar-refractivity contribution in [2.24, 2.45) is 7.05 Å². The molecule has 0 radical (unpaired) electrons. The zero-order valence-corrected chi connectivity index (χ0v) is 14.7. The number of carbonyl (C=O) groups is 2. The van der Waals surface area contributed by atoms with E-state index in [0.717, 1.165) is 23.5 Å². The summed E-state index contributed by atoms with van der Waals surface area (Å²) in [6, 6.07) is 0. The van der Waals surface area contributed by atoms with E-state index < -0.39 is 5.97 Å². The van der Waals surface area contributed by atoms with E-state index in [-0.39, 0.29) is 17.2 Å². The lowest BCUT2D eigenvalue weighted by Gasteiger charge is -2.21. The quantitative estimate of drug-likeness (QED) is 0.867. The Hall–Kier alpha value is -2.64. The van der Waals surface area contributed by atoms with E-state index in [2.05, 4.69) is 10.2 Å². The zero-order chi connectivity index (χ0) is 18.0. The first-order valence-corrected chi connectivity index (χ1v) is 7.89.